The molecule has 0 bridgehead atoms. The van der Waals surface area contributed by atoms with E-state index in [1.807, 2.05) is 0 Å². The average Bonchev–Trinajstić information content (AvgIpc) is 1.96. The number of rotatable bonds is 2. The third kappa shape index (κ3) is 3.53. The maximum absolute atomic E-state index is 12.9. The minimum Gasteiger partial charge on any atom is -0.207 e. The molecule has 16 heavy (non-hydrogen) atoms. The van der Waals surface area contributed by atoms with E-state index < -0.39 is 32.1 Å². The first-order valence-electron chi connectivity index (χ1n) is 4.60. The van der Waals surface area contributed by atoms with Crippen molar-refractivity contribution in [2.75, 3.05) is 0 Å². The number of halogens is 2. The standard InChI is InChI=1S/C10H13F2NO2S/c1-10(2,3)13-16(14,15)9-5-7(11)4-8(12)6-9/h4-6,13H,1-3H3. The number of benzene rings is 1. The molecule has 1 aromatic rings. The summed E-state index contributed by atoms with van der Waals surface area (Å²) in [6.07, 6.45) is 0. The predicted octanol–water partition coefficient (Wildman–Crippen LogP) is 2.04. The van der Waals surface area contributed by atoms with Gasteiger partial charge in [0.1, 0.15) is 11.6 Å². The van der Waals surface area contributed by atoms with Crippen molar-refractivity contribution in [2.24, 2.45) is 0 Å². The van der Waals surface area contributed by atoms with E-state index in [0.717, 1.165) is 12.1 Å². The minimum absolute atomic E-state index is 0.417. The molecule has 6 heteroatoms. The molecule has 0 atom stereocenters. The average molecular weight is 249 g/mol. The lowest BCUT2D eigenvalue weighted by atomic mass is 10.1. The number of hydrogen-bond donors (Lipinski definition) is 1. The Morgan fingerprint density at radius 3 is 1.88 bits per heavy atom. The van der Waals surface area contributed by atoms with Crippen molar-refractivity contribution in [2.45, 2.75) is 31.2 Å². The first-order chi connectivity index (χ1) is 7.10. The van der Waals surface area contributed by atoms with Gasteiger partial charge in [0.15, 0.2) is 0 Å². The van der Waals surface area contributed by atoms with Gasteiger partial charge in [-0.2, -0.15) is 0 Å². The van der Waals surface area contributed by atoms with E-state index in [0.29, 0.717) is 6.07 Å². The van der Waals surface area contributed by atoms with E-state index in [1.54, 1.807) is 20.8 Å². The van der Waals surface area contributed by atoms with Gasteiger partial charge in [0.25, 0.3) is 0 Å². The zero-order valence-corrected chi connectivity index (χ0v) is 10.0. The van der Waals surface area contributed by atoms with Crippen LogP contribution in [0, 0.1) is 11.6 Å². The van der Waals surface area contributed by atoms with Crippen LogP contribution >= 0.6 is 0 Å². The third-order valence-electron chi connectivity index (χ3n) is 1.59. The molecule has 0 saturated heterocycles. The summed E-state index contributed by atoms with van der Waals surface area (Å²) in [5.41, 5.74) is -0.707. The quantitative estimate of drug-likeness (QED) is 0.871. The maximum atomic E-state index is 12.9. The third-order valence-corrected chi connectivity index (χ3v) is 3.32. The van der Waals surface area contributed by atoms with E-state index in [9.17, 15) is 17.2 Å². The maximum Gasteiger partial charge on any atom is 0.241 e. The first kappa shape index (κ1) is 13.1. The molecule has 0 radical (unpaired) electrons. The van der Waals surface area contributed by atoms with E-state index in [-0.39, 0.29) is 0 Å². The smallest absolute Gasteiger partial charge is 0.207 e. The van der Waals surface area contributed by atoms with Crippen LogP contribution in [0.1, 0.15) is 20.8 Å². The minimum atomic E-state index is -3.89. The van der Waals surface area contributed by atoms with Gasteiger partial charge in [-0.1, -0.05) is 0 Å². The molecule has 0 saturated carbocycles. The van der Waals surface area contributed by atoms with Gasteiger partial charge < -0.3 is 0 Å². The molecule has 3 nitrogen and oxygen atoms in total. The molecule has 0 heterocycles. The van der Waals surface area contributed by atoms with Gasteiger partial charge in [0.2, 0.25) is 10.0 Å². The summed E-state index contributed by atoms with van der Waals surface area (Å²) in [6, 6.07) is 2.17. The van der Waals surface area contributed by atoms with Crippen molar-refractivity contribution >= 4 is 10.0 Å². The van der Waals surface area contributed by atoms with Crippen LogP contribution in [0.2, 0.25) is 0 Å². The van der Waals surface area contributed by atoms with E-state index in [4.69, 9.17) is 0 Å². The molecule has 0 aromatic heterocycles. The zero-order chi connectivity index (χ0) is 12.6. The van der Waals surface area contributed by atoms with Crippen LogP contribution in [0.3, 0.4) is 0 Å². The van der Waals surface area contributed by atoms with Crippen molar-refractivity contribution in [1.29, 1.82) is 0 Å². The Hall–Kier alpha value is -1.01. The Kier molecular flexibility index (Phi) is 3.35. The molecular formula is C10H13F2NO2S. The Labute approximate surface area is 93.5 Å². The Morgan fingerprint density at radius 1 is 1.06 bits per heavy atom. The van der Waals surface area contributed by atoms with Gasteiger partial charge in [-0.25, -0.2) is 21.9 Å². The van der Waals surface area contributed by atoms with Crippen molar-refractivity contribution in [3.05, 3.63) is 29.8 Å². The lowest BCUT2D eigenvalue weighted by molar-refractivity contribution is 0.489. The molecule has 0 aliphatic heterocycles. The van der Waals surface area contributed by atoms with E-state index >= 15 is 0 Å². The van der Waals surface area contributed by atoms with E-state index in [2.05, 4.69) is 4.72 Å². The Morgan fingerprint density at radius 2 is 1.50 bits per heavy atom. The molecule has 90 valence electrons. The fraction of sp³-hybridized carbons (Fsp3) is 0.400. The van der Waals surface area contributed by atoms with Crippen LogP contribution in [0.5, 0.6) is 0 Å². The SMILES string of the molecule is CC(C)(C)NS(=O)(=O)c1cc(F)cc(F)c1. The molecular weight excluding hydrogens is 236 g/mol. The largest absolute Gasteiger partial charge is 0.241 e. The lowest BCUT2D eigenvalue weighted by Gasteiger charge is -2.20. The van der Waals surface area contributed by atoms with Crippen LogP contribution in [0.25, 0.3) is 0 Å². The van der Waals surface area contributed by atoms with Gasteiger partial charge in [0.05, 0.1) is 4.90 Å². The summed E-state index contributed by atoms with van der Waals surface area (Å²) < 4.78 is 51.4. The second-order valence-corrected chi connectivity index (χ2v) is 6.14. The highest BCUT2D eigenvalue weighted by atomic mass is 32.2. The lowest BCUT2D eigenvalue weighted by Crippen LogP contribution is -2.40. The second-order valence-electron chi connectivity index (χ2n) is 4.46. The molecule has 0 aliphatic rings. The molecule has 0 fully saturated rings. The zero-order valence-electron chi connectivity index (χ0n) is 9.21. The van der Waals surface area contributed by atoms with Crippen LogP contribution in [0.4, 0.5) is 8.78 Å². The fourth-order valence-corrected chi connectivity index (χ4v) is 2.61. The highest BCUT2D eigenvalue weighted by Gasteiger charge is 2.22. The molecule has 0 amide bonds. The monoisotopic (exact) mass is 249 g/mol. The van der Waals surface area contributed by atoms with Gasteiger partial charge >= 0.3 is 0 Å². The fourth-order valence-electron chi connectivity index (χ4n) is 1.15. The summed E-state index contributed by atoms with van der Waals surface area (Å²) >= 11 is 0. The molecule has 0 unspecified atom stereocenters. The first-order valence-corrected chi connectivity index (χ1v) is 6.08. The Bertz CT molecular complexity index is 472. The van der Waals surface area contributed by atoms with Crippen LogP contribution < -0.4 is 4.72 Å². The van der Waals surface area contributed by atoms with E-state index in [1.165, 1.54) is 0 Å². The van der Waals surface area contributed by atoms with Crippen LogP contribution in [-0.4, -0.2) is 14.0 Å². The Balaban J connectivity index is 3.18. The van der Waals surface area contributed by atoms with Crippen molar-refractivity contribution in [3.8, 4) is 0 Å². The topological polar surface area (TPSA) is 46.2 Å². The number of hydrogen-bond acceptors (Lipinski definition) is 2. The summed E-state index contributed by atoms with van der Waals surface area (Å²) in [5.74, 6) is -1.84. The normalized spacial score (nSPS) is 12.8. The second kappa shape index (κ2) is 4.10. The molecule has 0 spiro atoms. The van der Waals surface area contributed by atoms with Crippen molar-refractivity contribution < 1.29 is 17.2 Å². The van der Waals surface area contributed by atoms with Gasteiger partial charge in [-0.05, 0) is 32.9 Å². The molecule has 1 aromatic carbocycles. The molecule has 1 N–H and O–H groups in total. The van der Waals surface area contributed by atoms with Crippen molar-refractivity contribution in [1.82, 2.24) is 4.72 Å². The summed E-state index contributed by atoms with van der Waals surface area (Å²) in [5, 5.41) is 0. The number of sulfonamides is 1. The highest BCUT2D eigenvalue weighted by Crippen LogP contribution is 2.15. The van der Waals surface area contributed by atoms with Crippen LogP contribution in [0.15, 0.2) is 23.1 Å². The molecule has 1 rings (SSSR count). The summed E-state index contributed by atoms with van der Waals surface area (Å²) in [7, 11) is -3.89. The summed E-state index contributed by atoms with van der Waals surface area (Å²) in [6.45, 7) is 4.92. The predicted molar refractivity (Wildman–Crippen MR) is 56.4 cm³/mol. The van der Waals surface area contributed by atoms with Crippen LogP contribution in [-0.2, 0) is 10.0 Å². The van der Waals surface area contributed by atoms with Gasteiger partial charge in [-0.15, -0.1) is 0 Å². The van der Waals surface area contributed by atoms with Gasteiger partial charge in [0, 0.05) is 11.6 Å². The number of nitrogens with one attached hydrogen (secondary N) is 1. The molecule has 0 aliphatic carbocycles. The van der Waals surface area contributed by atoms with Crippen molar-refractivity contribution in [3.63, 3.8) is 0 Å². The highest BCUT2D eigenvalue weighted by molar-refractivity contribution is 7.89. The summed E-state index contributed by atoms with van der Waals surface area (Å²) in [4.78, 5) is -0.417. The van der Waals surface area contributed by atoms with Gasteiger partial charge in [-0.3, -0.25) is 0 Å².